The van der Waals surface area contributed by atoms with Crippen molar-refractivity contribution in [1.29, 1.82) is 0 Å². The molecular weight excluding hydrogens is 352 g/mol. The summed E-state index contributed by atoms with van der Waals surface area (Å²) in [5.41, 5.74) is 1.66. The molecule has 0 saturated heterocycles. The first-order chi connectivity index (χ1) is 13.5. The molecule has 1 aromatic carbocycles. The molecule has 5 nitrogen and oxygen atoms in total. The Labute approximate surface area is 167 Å². The van der Waals surface area contributed by atoms with Crippen LogP contribution in [0.2, 0.25) is 0 Å². The number of hydrogen-bond acceptors (Lipinski definition) is 3. The Bertz CT molecular complexity index is 794. The lowest BCUT2D eigenvalue weighted by Gasteiger charge is -2.16. The lowest BCUT2D eigenvalue weighted by molar-refractivity contribution is -0.117. The molecule has 2 aromatic rings. The first-order valence-corrected chi connectivity index (χ1v) is 9.94. The summed E-state index contributed by atoms with van der Waals surface area (Å²) in [4.78, 5) is 25.4. The van der Waals surface area contributed by atoms with E-state index in [9.17, 15) is 9.59 Å². The highest BCUT2D eigenvalue weighted by Crippen LogP contribution is 2.12. The van der Waals surface area contributed by atoms with E-state index in [4.69, 9.17) is 4.42 Å². The summed E-state index contributed by atoms with van der Waals surface area (Å²) in [6.45, 7) is 6.80. The third kappa shape index (κ3) is 6.72. The number of furan rings is 1. The Kier molecular flexibility index (Phi) is 8.53. The number of amides is 2. The van der Waals surface area contributed by atoms with Crippen molar-refractivity contribution in [1.82, 2.24) is 10.6 Å². The van der Waals surface area contributed by atoms with E-state index >= 15 is 0 Å². The summed E-state index contributed by atoms with van der Waals surface area (Å²) in [7, 11) is 0. The van der Waals surface area contributed by atoms with Crippen molar-refractivity contribution in [3.63, 3.8) is 0 Å². The van der Waals surface area contributed by atoms with Crippen LogP contribution in [0, 0.1) is 12.8 Å². The molecule has 2 N–H and O–H groups in total. The third-order valence-electron chi connectivity index (χ3n) is 4.70. The van der Waals surface area contributed by atoms with Gasteiger partial charge in [0.15, 0.2) is 0 Å². The number of benzene rings is 1. The molecule has 0 fully saturated rings. The van der Waals surface area contributed by atoms with E-state index < -0.39 is 0 Å². The highest BCUT2D eigenvalue weighted by Gasteiger charge is 2.16. The summed E-state index contributed by atoms with van der Waals surface area (Å²) in [6, 6.07) is 10.7. The van der Waals surface area contributed by atoms with Crippen LogP contribution in [0.15, 0.2) is 52.8 Å². The second-order valence-electron chi connectivity index (χ2n) is 7.02. The fraction of sp³-hybridized carbons (Fsp3) is 0.391. The predicted molar refractivity (Wildman–Crippen MR) is 112 cm³/mol. The minimum atomic E-state index is -0.324. The van der Waals surface area contributed by atoms with Gasteiger partial charge in [-0.25, -0.2) is 0 Å². The van der Waals surface area contributed by atoms with Crippen molar-refractivity contribution in [2.24, 2.45) is 5.92 Å². The van der Waals surface area contributed by atoms with E-state index in [-0.39, 0.29) is 17.5 Å². The number of aryl methyl sites for hydroxylation is 1. The third-order valence-corrected chi connectivity index (χ3v) is 4.70. The highest BCUT2D eigenvalue weighted by atomic mass is 16.3. The zero-order valence-corrected chi connectivity index (χ0v) is 17.0. The zero-order valence-electron chi connectivity index (χ0n) is 17.0. The molecule has 0 radical (unpaired) electrons. The van der Waals surface area contributed by atoms with E-state index in [0.717, 1.165) is 31.2 Å². The van der Waals surface area contributed by atoms with Crippen molar-refractivity contribution >= 4 is 17.9 Å². The van der Waals surface area contributed by atoms with Crippen LogP contribution in [0.1, 0.15) is 61.2 Å². The van der Waals surface area contributed by atoms with E-state index in [0.29, 0.717) is 23.8 Å². The average molecular weight is 383 g/mol. The van der Waals surface area contributed by atoms with Gasteiger partial charge in [-0.1, -0.05) is 50.8 Å². The molecule has 150 valence electrons. The maximum Gasteiger partial charge on any atom is 0.267 e. The molecule has 1 atom stereocenters. The van der Waals surface area contributed by atoms with Gasteiger partial charge in [0.25, 0.3) is 11.8 Å². The van der Waals surface area contributed by atoms with Crippen molar-refractivity contribution < 1.29 is 14.0 Å². The van der Waals surface area contributed by atoms with Crippen LogP contribution in [0.3, 0.4) is 0 Å². The summed E-state index contributed by atoms with van der Waals surface area (Å²) in [5.74, 6) is 0.302. The molecule has 28 heavy (non-hydrogen) atoms. The maximum atomic E-state index is 12.8. The predicted octanol–water partition coefficient (Wildman–Crippen LogP) is 4.69. The van der Waals surface area contributed by atoms with Crippen LogP contribution < -0.4 is 10.6 Å². The largest absolute Gasteiger partial charge is 0.465 e. The Morgan fingerprint density at radius 2 is 2.00 bits per heavy atom. The number of nitrogens with one attached hydrogen (secondary N) is 2. The second-order valence-corrected chi connectivity index (χ2v) is 7.02. The van der Waals surface area contributed by atoms with Crippen LogP contribution in [0.25, 0.3) is 6.08 Å². The standard InChI is InChI=1S/C23H30N2O3/c1-4-6-10-18(5-2)16-24-23(27)21(15-20-12-8-13-28-20)25-22(26)19-11-7-9-17(3)14-19/h7-9,11-15,18H,4-6,10,16H2,1-3H3,(H,24,27)(H,25,26)/b21-15-/t18-/m0/s1. The number of carbonyl (C=O) groups is 2. The van der Waals surface area contributed by atoms with E-state index in [1.54, 1.807) is 30.3 Å². The minimum Gasteiger partial charge on any atom is -0.465 e. The van der Waals surface area contributed by atoms with Gasteiger partial charge in [-0.15, -0.1) is 0 Å². The lowest BCUT2D eigenvalue weighted by Crippen LogP contribution is -2.37. The molecular formula is C23H30N2O3. The summed E-state index contributed by atoms with van der Waals surface area (Å²) in [6.07, 6.45) is 7.46. The second kappa shape index (κ2) is 11.1. The van der Waals surface area contributed by atoms with Gasteiger partial charge in [0, 0.05) is 18.2 Å². The van der Waals surface area contributed by atoms with Gasteiger partial charge in [-0.3, -0.25) is 9.59 Å². The Morgan fingerprint density at radius 1 is 1.18 bits per heavy atom. The molecule has 2 amide bonds. The van der Waals surface area contributed by atoms with Gasteiger partial charge in [-0.2, -0.15) is 0 Å². The molecule has 0 aliphatic rings. The Morgan fingerprint density at radius 3 is 2.64 bits per heavy atom. The highest BCUT2D eigenvalue weighted by molar-refractivity contribution is 6.05. The van der Waals surface area contributed by atoms with E-state index in [1.165, 1.54) is 6.26 Å². The van der Waals surface area contributed by atoms with Crippen molar-refractivity contribution in [3.8, 4) is 0 Å². The number of unbranched alkanes of at least 4 members (excludes halogenated alkanes) is 1. The Balaban J connectivity index is 2.11. The van der Waals surface area contributed by atoms with Crippen LogP contribution in [-0.2, 0) is 4.79 Å². The smallest absolute Gasteiger partial charge is 0.267 e. The molecule has 0 spiro atoms. The van der Waals surface area contributed by atoms with Crippen LogP contribution in [0.4, 0.5) is 0 Å². The summed E-state index contributed by atoms with van der Waals surface area (Å²) < 4.78 is 5.31. The number of carbonyl (C=O) groups excluding carboxylic acids is 2. The van der Waals surface area contributed by atoms with Gasteiger partial charge in [0.1, 0.15) is 11.5 Å². The maximum absolute atomic E-state index is 12.8. The monoisotopic (exact) mass is 382 g/mol. The topological polar surface area (TPSA) is 71.3 Å². The molecule has 0 unspecified atom stereocenters. The fourth-order valence-corrected chi connectivity index (χ4v) is 2.93. The quantitative estimate of drug-likeness (QED) is 0.586. The summed E-state index contributed by atoms with van der Waals surface area (Å²) in [5, 5.41) is 5.69. The van der Waals surface area contributed by atoms with E-state index in [2.05, 4.69) is 24.5 Å². The van der Waals surface area contributed by atoms with Crippen LogP contribution >= 0.6 is 0 Å². The van der Waals surface area contributed by atoms with Crippen molar-refractivity contribution in [3.05, 3.63) is 65.2 Å². The van der Waals surface area contributed by atoms with Gasteiger partial charge in [-0.05, 0) is 43.5 Å². The SMILES string of the molecule is CCCC[C@H](CC)CNC(=O)/C(=C/c1ccco1)NC(=O)c1cccc(C)c1. The van der Waals surface area contributed by atoms with E-state index in [1.807, 2.05) is 19.1 Å². The van der Waals surface area contributed by atoms with Gasteiger partial charge in [0.2, 0.25) is 0 Å². The van der Waals surface area contributed by atoms with Gasteiger partial charge >= 0.3 is 0 Å². The first kappa shape index (κ1) is 21.5. The van der Waals surface area contributed by atoms with Crippen molar-refractivity contribution in [2.45, 2.75) is 46.5 Å². The van der Waals surface area contributed by atoms with Gasteiger partial charge in [0.05, 0.1) is 6.26 Å². The normalized spacial score (nSPS) is 12.5. The fourth-order valence-electron chi connectivity index (χ4n) is 2.93. The first-order valence-electron chi connectivity index (χ1n) is 9.94. The molecule has 0 aliphatic heterocycles. The summed E-state index contributed by atoms with van der Waals surface area (Å²) >= 11 is 0. The molecule has 5 heteroatoms. The van der Waals surface area contributed by atoms with Gasteiger partial charge < -0.3 is 15.1 Å². The van der Waals surface area contributed by atoms with Crippen molar-refractivity contribution in [2.75, 3.05) is 6.54 Å². The molecule has 0 saturated carbocycles. The number of hydrogen-bond donors (Lipinski definition) is 2. The minimum absolute atomic E-state index is 0.173. The number of rotatable bonds is 10. The molecule has 1 heterocycles. The molecule has 1 aromatic heterocycles. The average Bonchev–Trinajstić information content (AvgIpc) is 3.20. The van der Waals surface area contributed by atoms with Crippen LogP contribution in [0.5, 0.6) is 0 Å². The molecule has 0 aliphatic carbocycles. The van der Waals surface area contributed by atoms with Crippen LogP contribution in [-0.4, -0.2) is 18.4 Å². The Hall–Kier alpha value is -2.82. The zero-order chi connectivity index (χ0) is 20.4. The molecule has 0 bridgehead atoms. The molecule has 2 rings (SSSR count). The lowest BCUT2D eigenvalue weighted by atomic mass is 9.99.